The van der Waals surface area contributed by atoms with Crippen LogP contribution in [-0.4, -0.2) is 28.3 Å². The number of ether oxygens (including phenoxy) is 2. The summed E-state index contributed by atoms with van der Waals surface area (Å²) in [5.41, 5.74) is 4.03. The van der Waals surface area contributed by atoms with E-state index in [0.29, 0.717) is 28.4 Å². The number of carbonyl (C=O) groups excluding carboxylic acids is 2. The fourth-order valence-electron chi connectivity index (χ4n) is 3.48. The summed E-state index contributed by atoms with van der Waals surface area (Å²) in [4.78, 5) is 29.1. The average Bonchev–Trinajstić information content (AvgIpc) is 3.22. The van der Waals surface area contributed by atoms with Gasteiger partial charge in [0, 0.05) is 25.0 Å². The van der Waals surface area contributed by atoms with Crippen molar-refractivity contribution < 1.29 is 19.1 Å². The highest BCUT2D eigenvalue weighted by Crippen LogP contribution is 2.29. The second-order valence-electron chi connectivity index (χ2n) is 7.49. The second-order valence-corrected chi connectivity index (χ2v) is 7.49. The molecule has 2 amide bonds. The fourth-order valence-corrected chi connectivity index (χ4v) is 3.48. The first-order chi connectivity index (χ1) is 15.9. The summed E-state index contributed by atoms with van der Waals surface area (Å²) in [5.74, 6) is 0.324. The van der Waals surface area contributed by atoms with Crippen molar-refractivity contribution >= 4 is 28.8 Å². The minimum Gasteiger partial charge on any atom is -0.495 e. The summed E-state index contributed by atoms with van der Waals surface area (Å²) in [6.45, 7) is 3.63. The van der Waals surface area contributed by atoms with Gasteiger partial charge in [-0.25, -0.2) is 4.98 Å². The molecule has 0 unspecified atom stereocenters. The van der Waals surface area contributed by atoms with Gasteiger partial charge in [-0.2, -0.15) is 0 Å². The molecule has 2 heterocycles. The number of methoxy groups -OCH3 is 1. The Morgan fingerprint density at radius 1 is 1.03 bits per heavy atom. The van der Waals surface area contributed by atoms with E-state index >= 15 is 0 Å². The number of aromatic nitrogens is 2. The monoisotopic (exact) mass is 444 g/mol. The first kappa shape index (κ1) is 21.9. The Bertz CT molecular complexity index is 1330. The molecule has 0 fully saturated rings. The number of benzene rings is 2. The molecule has 4 aromatic rings. The van der Waals surface area contributed by atoms with Crippen LogP contribution in [0.5, 0.6) is 11.5 Å². The van der Waals surface area contributed by atoms with Crippen LogP contribution >= 0.6 is 0 Å². The molecule has 8 heteroatoms. The molecule has 4 rings (SSSR count). The molecule has 0 bridgehead atoms. The van der Waals surface area contributed by atoms with Gasteiger partial charge >= 0.3 is 0 Å². The van der Waals surface area contributed by atoms with Crippen molar-refractivity contribution in [2.75, 3.05) is 17.7 Å². The Morgan fingerprint density at radius 2 is 1.85 bits per heavy atom. The molecule has 2 N–H and O–H groups in total. The molecule has 33 heavy (non-hydrogen) atoms. The minimum atomic E-state index is -0.366. The summed E-state index contributed by atoms with van der Waals surface area (Å²) in [6.07, 6.45) is 3.84. The van der Waals surface area contributed by atoms with Gasteiger partial charge in [-0.15, -0.1) is 0 Å². The van der Waals surface area contributed by atoms with E-state index in [1.54, 1.807) is 42.5 Å². The largest absolute Gasteiger partial charge is 0.495 e. The molecule has 0 spiro atoms. The predicted molar refractivity (Wildman–Crippen MR) is 126 cm³/mol. The highest BCUT2D eigenvalue weighted by molar-refractivity contribution is 6.07. The van der Waals surface area contributed by atoms with Crippen molar-refractivity contribution in [2.45, 2.75) is 20.5 Å². The molecular formula is C25H24N4O4. The number of pyridine rings is 1. The molecule has 2 aromatic heterocycles. The Hall–Kier alpha value is -4.33. The molecule has 0 saturated carbocycles. The number of para-hydroxylation sites is 1. The Kier molecular flexibility index (Phi) is 6.26. The summed E-state index contributed by atoms with van der Waals surface area (Å²) >= 11 is 0. The van der Waals surface area contributed by atoms with E-state index in [2.05, 4.69) is 15.6 Å². The van der Waals surface area contributed by atoms with Crippen molar-refractivity contribution in [3.8, 4) is 11.5 Å². The quantitative estimate of drug-likeness (QED) is 0.440. The van der Waals surface area contributed by atoms with E-state index in [-0.39, 0.29) is 18.4 Å². The maximum absolute atomic E-state index is 13.1. The van der Waals surface area contributed by atoms with Gasteiger partial charge in [-0.05, 0) is 48.9 Å². The van der Waals surface area contributed by atoms with Gasteiger partial charge in [0.15, 0.2) is 0 Å². The van der Waals surface area contributed by atoms with Crippen LogP contribution in [-0.2, 0) is 11.4 Å². The number of imidazole rings is 1. The van der Waals surface area contributed by atoms with E-state index in [0.717, 1.165) is 16.9 Å². The van der Waals surface area contributed by atoms with Crippen LogP contribution in [0.2, 0.25) is 0 Å². The van der Waals surface area contributed by atoms with Crippen molar-refractivity contribution in [1.29, 1.82) is 0 Å². The molecule has 0 atom stereocenters. The number of amides is 2. The summed E-state index contributed by atoms with van der Waals surface area (Å²) in [5, 5.41) is 5.54. The number of fused-ring (bicyclic) bond motifs is 1. The lowest BCUT2D eigenvalue weighted by molar-refractivity contribution is -0.114. The van der Waals surface area contributed by atoms with E-state index in [1.807, 2.05) is 35.9 Å². The van der Waals surface area contributed by atoms with Gasteiger partial charge in [0.2, 0.25) is 5.91 Å². The van der Waals surface area contributed by atoms with Gasteiger partial charge in [0.05, 0.1) is 24.1 Å². The highest BCUT2D eigenvalue weighted by Gasteiger charge is 2.16. The molecule has 0 radical (unpaired) electrons. The van der Waals surface area contributed by atoms with Crippen LogP contribution in [0.25, 0.3) is 5.65 Å². The van der Waals surface area contributed by atoms with Gasteiger partial charge in [-0.3, -0.25) is 9.59 Å². The van der Waals surface area contributed by atoms with Crippen molar-refractivity contribution in [2.24, 2.45) is 0 Å². The summed E-state index contributed by atoms with van der Waals surface area (Å²) < 4.78 is 13.3. The van der Waals surface area contributed by atoms with E-state index < -0.39 is 0 Å². The number of nitrogens with zero attached hydrogens (tertiary/aromatic N) is 2. The maximum Gasteiger partial charge on any atom is 0.259 e. The van der Waals surface area contributed by atoms with Crippen molar-refractivity contribution in [3.05, 3.63) is 83.8 Å². The van der Waals surface area contributed by atoms with Crippen LogP contribution in [0.4, 0.5) is 11.4 Å². The van der Waals surface area contributed by atoms with Crippen LogP contribution in [0.1, 0.15) is 28.5 Å². The van der Waals surface area contributed by atoms with Crippen LogP contribution in [0, 0.1) is 6.92 Å². The first-order valence-corrected chi connectivity index (χ1v) is 10.4. The highest BCUT2D eigenvalue weighted by atomic mass is 16.5. The molecule has 0 aliphatic rings. The smallest absolute Gasteiger partial charge is 0.259 e. The molecule has 0 saturated heterocycles. The third-order valence-corrected chi connectivity index (χ3v) is 5.00. The van der Waals surface area contributed by atoms with Gasteiger partial charge < -0.3 is 24.5 Å². The van der Waals surface area contributed by atoms with Crippen molar-refractivity contribution in [1.82, 2.24) is 9.38 Å². The SMILES string of the molecule is COc1ccc(NC(C)=O)cc1NC(=O)c1ccccc1OCc1cn2cccc(C)c2n1. The number of anilines is 2. The van der Waals surface area contributed by atoms with Crippen LogP contribution < -0.4 is 20.1 Å². The first-order valence-electron chi connectivity index (χ1n) is 10.4. The lowest BCUT2D eigenvalue weighted by atomic mass is 10.1. The Labute approximate surface area is 191 Å². The van der Waals surface area contributed by atoms with Crippen LogP contribution in [0.3, 0.4) is 0 Å². The standard InChI is InChI=1S/C25H24N4O4/c1-16-7-6-12-29-14-19(27-24(16)29)15-33-22-9-5-4-8-20(22)25(31)28-21-13-18(26-17(2)30)10-11-23(21)32-3/h4-14H,15H2,1-3H3,(H,26,30)(H,28,31). The van der Waals surface area contributed by atoms with Crippen molar-refractivity contribution in [3.63, 3.8) is 0 Å². The zero-order chi connectivity index (χ0) is 23.4. The number of rotatable bonds is 7. The summed E-state index contributed by atoms with van der Waals surface area (Å²) in [6, 6.07) is 16.0. The third-order valence-electron chi connectivity index (χ3n) is 5.00. The molecular weight excluding hydrogens is 420 g/mol. The lowest BCUT2D eigenvalue weighted by Gasteiger charge is -2.14. The van der Waals surface area contributed by atoms with E-state index in [4.69, 9.17) is 9.47 Å². The number of hydrogen-bond donors (Lipinski definition) is 2. The Morgan fingerprint density at radius 3 is 2.61 bits per heavy atom. The van der Waals surface area contributed by atoms with E-state index in [1.165, 1.54) is 14.0 Å². The maximum atomic E-state index is 13.1. The molecule has 2 aromatic carbocycles. The lowest BCUT2D eigenvalue weighted by Crippen LogP contribution is -2.15. The molecule has 8 nitrogen and oxygen atoms in total. The number of carbonyl (C=O) groups is 2. The molecule has 168 valence electrons. The number of aryl methyl sites for hydroxylation is 1. The third kappa shape index (κ3) is 4.95. The minimum absolute atomic E-state index is 0.210. The zero-order valence-corrected chi connectivity index (χ0v) is 18.6. The molecule has 0 aliphatic carbocycles. The number of nitrogens with one attached hydrogen (secondary N) is 2. The average molecular weight is 444 g/mol. The molecule has 0 aliphatic heterocycles. The fraction of sp³-hybridized carbons (Fsp3) is 0.160. The van der Waals surface area contributed by atoms with Gasteiger partial charge in [0.1, 0.15) is 23.8 Å². The topological polar surface area (TPSA) is 94.0 Å². The number of hydrogen-bond acceptors (Lipinski definition) is 5. The van der Waals surface area contributed by atoms with Gasteiger partial charge in [-0.1, -0.05) is 18.2 Å². The van der Waals surface area contributed by atoms with E-state index in [9.17, 15) is 9.59 Å². The zero-order valence-electron chi connectivity index (χ0n) is 18.6. The summed E-state index contributed by atoms with van der Waals surface area (Å²) in [7, 11) is 1.51. The van der Waals surface area contributed by atoms with Gasteiger partial charge in [0.25, 0.3) is 5.91 Å². The Balaban J connectivity index is 1.53. The normalized spacial score (nSPS) is 10.6. The second kappa shape index (κ2) is 9.44. The predicted octanol–water partition coefficient (Wildman–Crippen LogP) is 4.44. The van der Waals surface area contributed by atoms with Crippen LogP contribution in [0.15, 0.2) is 67.0 Å².